The summed E-state index contributed by atoms with van der Waals surface area (Å²) < 4.78 is 26.9. The van der Waals surface area contributed by atoms with Gasteiger partial charge in [0, 0.05) is 18.5 Å². The lowest BCUT2D eigenvalue weighted by molar-refractivity contribution is -0.124. The molecule has 110 valence electrons. The van der Waals surface area contributed by atoms with Crippen LogP contribution in [0.3, 0.4) is 0 Å². The molecule has 1 unspecified atom stereocenters. The van der Waals surface area contributed by atoms with E-state index >= 15 is 0 Å². The number of nitrogens with one attached hydrogen (secondary N) is 2. The van der Waals surface area contributed by atoms with Crippen LogP contribution >= 0.6 is 11.6 Å². The Kier molecular flexibility index (Phi) is 4.91. The molecule has 1 heterocycles. The van der Waals surface area contributed by atoms with E-state index in [1.807, 2.05) is 0 Å². The molecule has 3 N–H and O–H groups in total. The highest BCUT2D eigenvalue weighted by Crippen LogP contribution is 2.23. The Morgan fingerprint density at radius 2 is 2.35 bits per heavy atom. The summed E-state index contributed by atoms with van der Waals surface area (Å²) in [6, 6.07) is 2.76. The fourth-order valence-corrected chi connectivity index (χ4v) is 2.36. The Bertz CT molecular complexity index is 501. The molecule has 1 amide bonds. The summed E-state index contributed by atoms with van der Waals surface area (Å²) in [5.41, 5.74) is 0.100. The van der Waals surface area contributed by atoms with Gasteiger partial charge in [0.05, 0.1) is 23.7 Å². The minimum atomic E-state index is -1.07. The van der Waals surface area contributed by atoms with Crippen molar-refractivity contribution in [2.24, 2.45) is 0 Å². The van der Waals surface area contributed by atoms with Crippen LogP contribution in [0.15, 0.2) is 18.2 Å². The summed E-state index contributed by atoms with van der Waals surface area (Å²) >= 11 is 5.67. The fraction of sp³-hybridized carbons (Fsp3) is 0.462. The second-order valence-electron chi connectivity index (χ2n) is 4.68. The van der Waals surface area contributed by atoms with E-state index in [-0.39, 0.29) is 23.6 Å². The highest BCUT2D eigenvalue weighted by molar-refractivity contribution is 6.30. The number of aliphatic hydroxyl groups excluding tert-OH is 1. The first kappa shape index (κ1) is 15.2. The molecule has 1 aromatic carbocycles. The van der Waals surface area contributed by atoms with E-state index in [1.54, 1.807) is 0 Å². The molecular weight excluding hydrogens is 290 g/mol. The highest BCUT2D eigenvalue weighted by Gasteiger charge is 2.31. The van der Waals surface area contributed by atoms with Crippen LogP contribution in [0, 0.1) is 5.82 Å². The molecule has 0 aromatic heterocycles. The van der Waals surface area contributed by atoms with Crippen LogP contribution in [0.5, 0.6) is 0 Å². The smallest absolute Gasteiger partial charge is 0.237 e. The Hall–Kier alpha value is -1.24. The molecule has 1 saturated heterocycles. The number of alkyl halides is 1. The summed E-state index contributed by atoms with van der Waals surface area (Å²) in [6.45, 7) is -0.359. The summed E-state index contributed by atoms with van der Waals surface area (Å²) in [6.07, 6.45) is -0.997. The molecule has 0 radical (unpaired) electrons. The molecular formula is C13H15ClF2N2O2. The van der Waals surface area contributed by atoms with Gasteiger partial charge in [-0.05, 0) is 6.07 Å². The summed E-state index contributed by atoms with van der Waals surface area (Å²) in [5.74, 6) is -1.15. The van der Waals surface area contributed by atoms with Crippen LogP contribution in [-0.4, -0.2) is 36.4 Å². The van der Waals surface area contributed by atoms with Crippen molar-refractivity contribution >= 4 is 17.5 Å². The monoisotopic (exact) mass is 304 g/mol. The van der Waals surface area contributed by atoms with Crippen molar-refractivity contribution in [2.75, 3.05) is 13.2 Å². The lowest BCUT2D eigenvalue weighted by Crippen LogP contribution is -2.43. The van der Waals surface area contributed by atoms with Crippen molar-refractivity contribution in [1.82, 2.24) is 10.6 Å². The van der Waals surface area contributed by atoms with E-state index in [4.69, 9.17) is 11.6 Å². The summed E-state index contributed by atoms with van der Waals surface area (Å²) in [7, 11) is 0. The number of hydrogen-bond donors (Lipinski definition) is 3. The van der Waals surface area contributed by atoms with Crippen molar-refractivity contribution in [3.05, 3.63) is 34.6 Å². The zero-order chi connectivity index (χ0) is 14.7. The third-order valence-corrected chi connectivity index (χ3v) is 3.54. The SMILES string of the molecule is O=C(N[C@@H](CO)c1cccc(Cl)c1F)C1C[C@@H](F)CN1. The fourth-order valence-electron chi connectivity index (χ4n) is 2.18. The Labute approximate surface area is 120 Å². The van der Waals surface area contributed by atoms with Crippen molar-refractivity contribution in [3.63, 3.8) is 0 Å². The molecule has 4 nitrogen and oxygen atoms in total. The van der Waals surface area contributed by atoms with Gasteiger partial charge in [0.2, 0.25) is 5.91 Å². The number of halogens is 3. The van der Waals surface area contributed by atoms with Crippen LogP contribution in [0.25, 0.3) is 0 Å². The van der Waals surface area contributed by atoms with Gasteiger partial charge in [-0.1, -0.05) is 23.7 Å². The van der Waals surface area contributed by atoms with Gasteiger partial charge in [-0.3, -0.25) is 4.79 Å². The van der Waals surface area contributed by atoms with E-state index in [2.05, 4.69) is 10.6 Å². The van der Waals surface area contributed by atoms with Gasteiger partial charge in [-0.2, -0.15) is 0 Å². The van der Waals surface area contributed by atoms with Gasteiger partial charge in [0.1, 0.15) is 12.0 Å². The number of benzene rings is 1. The standard InChI is InChI=1S/C13H15ClF2N2O2/c14-9-3-1-2-8(12(9)16)11(6-19)18-13(20)10-4-7(15)5-17-10/h1-3,7,10-11,17,19H,4-6H2,(H,18,20)/t7-,10?,11+/m1/s1. The largest absolute Gasteiger partial charge is 0.394 e. The van der Waals surface area contributed by atoms with Crippen LogP contribution in [0.1, 0.15) is 18.0 Å². The predicted octanol–water partition coefficient (Wildman–Crippen LogP) is 1.33. The first-order valence-electron chi connectivity index (χ1n) is 6.25. The molecule has 2 rings (SSSR count). The average molecular weight is 305 g/mol. The highest BCUT2D eigenvalue weighted by atomic mass is 35.5. The summed E-state index contributed by atoms with van der Waals surface area (Å²) in [5, 5.41) is 14.5. The van der Waals surface area contributed by atoms with E-state index < -0.39 is 36.6 Å². The van der Waals surface area contributed by atoms with Crippen LogP contribution in [0.2, 0.25) is 5.02 Å². The average Bonchev–Trinajstić information content (AvgIpc) is 2.86. The summed E-state index contributed by atoms with van der Waals surface area (Å²) in [4.78, 5) is 11.9. The molecule has 1 aromatic rings. The predicted molar refractivity (Wildman–Crippen MR) is 70.7 cm³/mol. The van der Waals surface area contributed by atoms with Gasteiger partial charge in [0.15, 0.2) is 0 Å². The molecule has 0 aliphatic carbocycles. The lowest BCUT2D eigenvalue weighted by atomic mass is 10.1. The van der Waals surface area contributed by atoms with Gasteiger partial charge in [-0.25, -0.2) is 8.78 Å². The van der Waals surface area contributed by atoms with Gasteiger partial charge in [0.25, 0.3) is 0 Å². The Morgan fingerprint density at radius 3 is 2.95 bits per heavy atom. The second-order valence-corrected chi connectivity index (χ2v) is 5.09. The van der Waals surface area contributed by atoms with E-state index in [0.717, 1.165) is 0 Å². The lowest BCUT2D eigenvalue weighted by Gasteiger charge is -2.20. The first-order chi connectivity index (χ1) is 9.52. The number of rotatable bonds is 4. The minimum absolute atomic E-state index is 0.0714. The first-order valence-corrected chi connectivity index (χ1v) is 6.63. The number of carbonyl (C=O) groups excluding carboxylic acids is 1. The van der Waals surface area contributed by atoms with Crippen LogP contribution in [0.4, 0.5) is 8.78 Å². The number of hydrogen-bond acceptors (Lipinski definition) is 3. The Morgan fingerprint density at radius 1 is 1.60 bits per heavy atom. The quantitative estimate of drug-likeness (QED) is 0.786. The van der Waals surface area contributed by atoms with Gasteiger partial charge in [-0.15, -0.1) is 0 Å². The van der Waals surface area contributed by atoms with Gasteiger partial charge < -0.3 is 15.7 Å². The maximum absolute atomic E-state index is 13.9. The number of carbonyl (C=O) groups is 1. The molecule has 7 heteroatoms. The molecule has 1 fully saturated rings. The zero-order valence-corrected chi connectivity index (χ0v) is 11.3. The maximum atomic E-state index is 13.9. The maximum Gasteiger partial charge on any atom is 0.237 e. The van der Waals surface area contributed by atoms with Crippen LogP contribution in [-0.2, 0) is 4.79 Å². The molecule has 1 aliphatic rings. The van der Waals surface area contributed by atoms with Crippen molar-refractivity contribution in [3.8, 4) is 0 Å². The molecule has 1 aliphatic heterocycles. The van der Waals surface area contributed by atoms with E-state index in [0.29, 0.717) is 0 Å². The van der Waals surface area contributed by atoms with Crippen molar-refractivity contribution in [1.29, 1.82) is 0 Å². The van der Waals surface area contributed by atoms with E-state index in [1.165, 1.54) is 18.2 Å². The topological polar surface area (TPSA) is 61.4 Å². The molecule has 0 bridgehead atoms. The number of aliphatic hydroxyl groups is 1. The third-order valence-electron chi connectivity index (χ3n) is 3.25. The minimum Gasteiger partial charge on any atom is -0.394 e. The second kappa shape index (κ2) is 6.47. The van der Waals surface area contributed by atoms with Crippen molar-refractivity contribution < 1.29 is 18.7 Å². The molecule has 20 heavy (non-hydrogen) atoms. The van der Waals surface area contributed by atoms with E-state index in [9.17, 15) is 18.7 Å². The molecule has 3 atom stereocenters. The Balaban J connectivity index is 2.09. The molecule has 0 saturated carbocycles. The third kappa shape index (κ3) is 3.26. The zero-order valence-electron chi connectivity index (χ0n) is 10.6. The number of amides is 1. The normalized spacial score (nSPS) is 23.6. The van der Waals surface area contributed by atoms with Crippen LogP contribution < -0.4 is 10.6 Å². The molecule has 0 spiro atoms. The van der Waals surface area contributed by atoms with Gasteiger partial charge >= 0.3 is 0 Å². The van der Waals surface area contributed by atoms with Crippen molar-refractivity contribution in [2.45, 2.75) is 24.7 Å².